The summed E-state index contributed by atoms with van der Waals surface area (Å²) in [6.07, 6.45) is 5.02. The van der Waals surface area contributed by atoms with Gasteiger partial charge in [-0.25, -0.2) is 0 Å². The molecular formula is C15H24O3. The summed E-state index contributed by atoms with van der Waals surface area (Å²) < 4.78 is 0. The van der Waals surface area contributed by atoms with Crippen LogP contribution >= 0.6 is 0 Å². The Bertz CT molecular complexity index is 357. The van der Waals surface area contributed by atoms with E-state index in [1.807, 2.05) is 13.8 Å². The second-order valence-electron chi connectivity index (χ2n) is 5.48. The van der Waals surface area contributed by atoms with E-state index in [4.69, 9.17) is 0 Å². The summed E-state index contributed by atoms with van der Waals surface area (Å²) in [6, 6.07) is 0. The molecule has 2 N–H and O–H groups in total. The zero-order valence-corrected chi connectivity index (χ0v) is 11.4. The van der Waals surface area contributed by atoms with Crippen LogP contribution in [0.1, 0.15) is 46.0 Å². The molecule has 0 aromatic rings. The molecule has 1 rings (SSSR count). The zero-order chi connectivity index (χ0) is 13.8. The lowest BCUT2D eigenvalue weighted by Gasteiger charge is -2.28. The fourth-order valence-corrected chi connectivity index (χ4v) is 2.27. The number of Topliss-reactive ketones (excluding diaryl/α,β-unsaturated/α-hetero) is 1. The van der Waals surface area contributed by atoms with E-state index in [0.29, 0.717) is 25.7 Å². The van der Waals surface area contributed by atoms with E-state index in [2.05, 4.69) is 12.7 Å². The molecule has 0 unspecified atom stereocenters. The molecule has 0 saturated heterocycles. The normalized spacial score (nSPS) is 33.7. The van der Waals surface area contributed by atoms with Gasteiger partial charge in [0.1, 0.15) is 5.60 Å². The Morgan fingerprint density at radius 3 is 2.78 bits per heavy atom. The first-order valence-electron chi connectivity index (χ1n) is 6.56. The Morgan fingerprint density at radius 2 is 2.22 bits per heavy atom. The van der Waals surface area contributed by atoms with Crippen molar-refractivity contribution in [2.75, 3.05) is 6.61 Å². The van der Waals surface area contributed by atoms with Crippen LogP contribution in [0.4, 0.5) is 0 Å². The molecule has 3 heteroatoms. The van der Waals surface area contributed by atoms with Gasteiger partial charge in [-0.2, -0.15) is 0 Å². The average molecular weight is 252 g/mol. The maximum atomic E-state index is 11.9. The minimum atomic E-state index is -1.56. The average Bonchev–Trinajstić information content (AvgIpc) is 2.34. The van der Waals surface area contributed by atoms with Crippen molar-refractivity contribution in [1.29, 1.82) is 0 Å². The van der Waals surface area contributed by atoms with Crippen LogP contribution in [-0.4, -0.2) is 28.2 Å². The molecule has 102 valence electrons. The molecular weight excluding hydrogens is 228 g/mol. The quantitative estimate of drug-likeness (QED) is 0.742. The number of rotatable bonds is 2. The Morgan fingerprint density at radius 1 is 1.56 bits per heavy atom. The number of carbonyl (C=O) groups excluding carboxylic acids is 1. The number of ketones is 1. The predicted octanol–water partition coefficient (Wildman–Crippen LogP) is 2.38. The fraction of sp³-hybridized carbons (Fsp3) is 0.667. The Labute approximate surface area is 109 Å². The van der Waals surface area contributed by atoms with E-state index in [1.54, 1.807) is 0 Å². The summed E-state index contributed by atoms with van der Waals surface area (Å²) in [6.45, 7) is 7.45. The first kappa shape index (κ1) is 15.1. The molecule has 3 nitrogen and oxygen atoms in total. The van der Waals surface area contributed by atoms with Gasteiger partial charge in [-0.05, 0) is 45.4 Å². The molecule has 1 aliphatic rings. The molecule has 0 bridgehead atoms. The lowest BCUT2D eigenvalue weighted by molar-refractivity contribution is -0.142. The fourth-order valence-electron chi connectivity index (χ4n) is 2.27. The third kappa shape index (κ3) is 3.79. The largest absolute Gasteiger partial charge is 0.393 e. The first-order valence-corrected chi connectivity index (χ1v) is 6.56. The topological polar surface area (TPSA) is 57.5 Å². The second-order valence-corrected chi connectivity index (χ2v) is 5.48. The van der Waals surface area contributed by atoms with E-state index >= 15 is 0 Å². The van der Waals surface area contributed by atoms with Crippen molar-refractivity contribution >= 4 is 5.78 Å². The molecule has 2 atom stereocenters. The van der Waals surface area contributed by atoms with Crippen molar-refractivity contribution in [3.05, 3.63) is 23.8 Å². The molecule has 0 amide bonds. The van der Waals surface area contributed by atoms with Crippen LogP contribution in [0.15, 0.2) is 23.8 Å². The highest BCUT2D eigenvalue weighted by Gasteiger charge is 2.35. The van der Waals surface area contributed by atoms with Gasteiger partial charge in [0.15, 0.2) is 5.78 Å². The number of hydrogen-bond donors (Lipinski definition) is 2. The molecule has 1 aliphatic carbocycles. The van der Waals surface area contributed by atoms with E-state index in [1.165, 1.54) is 0 Å². The molecule has 0 heterocycles. The molecule has 0 radical (unpaired) electrons. The van der Waals surface area contributed by atoms with Crippen LogP contribution in [-0.2, 0) is 4.79 Å². The van der Waals surface area contributed by atoms with Crippen LogP contribution in [0.3, 0.4) is 0 Å². The second kappa shape index (κ2) is 6.30. The minimum Gasteiger partial charge on any atom is -0.393 e. The van der Waals surface area contributed by atoms with E-state index in [0.717, 1.165) is 17.6 Å². The minimum absolute atomic E-state index is 0.250. The van der Waals surface area contributed by atoms with E-state index in [-0.39, 0.29) is 11.7 Å². The van der Waals surface area contributed by atoms with Crippen LogP contribution in [0.5, 0.6) is 0 Å². The first-order chi connectivity index (χ1) is 8.39. The van der Waals surface area contributed by atoms with E-state index < -0.39 is 12.2 Å². The van der Waals surface area contributed by atoms with Crippen molar-refractivity contribution in [3.63, 3.8) is 0 Å². The maximum Gasteiger partial charge on any atom is 0.167 e. The SMILES string of the molecule is C=C(C)[C@H]1C/C=C(\C)CCC(=O)[C@@](O)(CO)CC1. The molecule has 0 aromatic heterocycles. The maximum absolute atomic E-state index is 11.9. The van der Waals surface area contributed by atoms with Crippen LogP contribution in [0.2, 0.25) is 0 Å². The van der Waals surface area contributed by atoms with Crippen LogP contribution in [0, 0.1) is 5.92 Å². The van der Waals surface area contributed by atoms with Crippen molar-refractivity contribution in [1.82, 2.24) is 0 Å². The number of carbonyl (C=O) groups is 1. The standard InChI is InChI=1S/C15H24O3/c1-11(2)13-6-4-12(3)5-7-14(17)15(18,10-16)9-8-13/h4,13,16,18H,1,5-10H2,2-3H3/b12-4+/t13-,15-/m0/s1. The van der Waals surface area contributed by atoms with Gasteiger partial charge in [-0.3, -0.25) is 4.79 Å². The van der Waals surface area contributed by atoms with Gasteiger partial charge in [-0.15, -0.1) is 0 Å². The van der Waals surface area contributed by atoms with Gasteiger partial charge in [0.25, 0.3) is 0 Å². The van der Waals surface area contributed by atoms with Crippen molar-refractivity contribution in [3.8, 4) is 0 Å². The van der Waals surface area contributed by atoms with Gasteiger partial charge in [-0.1, -0.05) is 23.8 Å². The summed E-state index contributed by atoms with van der Waals surface area (Å²) in [5.74, 6) is 0.0176. The lowest BCUT2D eigenvalue weighted by atomic mass is 9.82. The summed E-state index contributed by atoms with van der Waals surface area (Å²) in [5.41, 5.74) is 0.662. The number of aliphatic hydroxyl groups is 2. The van der Waals surface area contributed by atoms with Gasteiger partial charge >= 0.3 is 0 Å². The van der Waals surface area contributed by atoms with Gasteiger partial charge in [0, 0.05) is 6.42 Å². The summed E-state index contributed by atoms with van der Waals surface area (Å²) >= 11 is 0. The monoisotopic (exact) mass is 252 g/mol. The third-order valence-electron chi connectivity index (χ3n) is 3.88. The highest BCUT2D eigenvalue weighted by atomic mass is 16.3. The summed E-state index contributed by atoms with van der Waals surface area (Å²) in [5, 5.41) is 19.5. The van der Waals surface area contributed by atoms with E-state index in [9.17, 15) is 15.0 Å². The molecule has 0 fully saturated rings. The Balaban J connectivity index is 2.91. The highest BCUT2D eigenvalue weighted by Crippen LogP contribution is 2.28. The molecule has 18 heavy (non-hydrogen) atoms. The molecule has 0 aliphatic heterocycles. The molecule has 0 saturated carbocycles. The molecule has 0 spiro atoms. The van der Waals surface area contributed by atoms with Gasteiger partial charge in [0.05, 0.1) is 6.61 Å². The number of aliphatic hydroxyl groups excluding tert-OH is 1. The van der Waals surface area contributed by atoms with Gasteiger partial charge in [0.2, 0.25) is 0 Å². The number of allylic oxidation sites excluding steroid dienone is 3. The smallest absolute Gasteiger partial charge is 0.167 e. The van der Waals surface area contributed by atoms with Crippen LogP contribution < -0.4 is 0 Å². The predicted molar refractivity (Wildman–Crippen MR) is 72.2 cm³/mol. The summed E-state index contributed by atoms with van der Waals surface area (Å²) in [4.78, 5) is 11.9. The summed E-state index contributed by atoms with van der Waals surface area (Å²) in [7, 11) is 0. The van der Waals surface area contributed by atoms with Gasteiger partial charge < -0.3 is 10.2 Å². The lowest BCUT2D eigenvalue weighted by Crippen LogP contribution is -2.43. The third-order valence-corrected chi connectivity index (χ3v) is 3.88. The molecule has 0 aromatic carbocycles. The number of hydrogen-bond acceptors (Lipinski definition) is 3. The Hall–Kier alpha value is -0.930. The van der Waals surface area contributed by atoms with Crippen molar-refractivity contribution < 1.29 is 15.0 Å². The van der Waals surface area contributed by atoms with Crippen molar-refractivity contribution in [2.24, 2.45) is 5.92 Å². The Kier molecular flexibility index (Phi) is 5.29. The van der Waals surface area contributed by atoms with Crippen molar-refractivity contribution in [2.45, 2.75) is 51.6 Å². The zero-order valence-electron chi connectivity index (χ0n) is 11.4. The van der Waals surface area contributed by atoms with Crippen LogP contribution in [0.25, 0.3) is 0 Å². The highest BCUT2D eigenvalue weighted by molar-refractivity contribution is 5.87.